The molecule has 0 aliphatic carbocycles. The molecule has 3 aromatic rings. The maximum absolute atomic E-state index is 14.6. The van der Waals surface area contributed by atoms with Crippen LogP contribution in [0.4, 0.5) is 10.1 Å². The van der Waals surface area contributed by atoms with Crippen LogP contribution in [0.1, 0.15) is 25.2 Å². The molecule has 32 heavy (non-hydrogen) atoms. The molecule has 1 heterocycles. The number of nitrogens with zero attached hydrogens (tertiary/aromatic N) is 3. The van der Waals surface area contributed by atoms with Gasteiger partial charge in [0.25, 0.3) is 0 Å². The van der Waals surface area contributed by atoms with E-state index in [1.165, 1.54) is 6.07 Å². The maximum Gasteiger partial charge on any atom is 0.196 e. The van der Waals surface area contributed by atoms with E-state index in [4.69, 9.17) is 9.47 Å². The first kappa shape index (κ1) is 25.4. The van der Waals surface area contributed by atoms with E-state index in [0.717, 1.165) is 17.1 Å². The second kappa shape index (κ2) is 12.3. The number of anilines is 1. The Morgan fingerprint density at radius 2 is 1.97 bits per heavy atom. The lowest BCUT2D eigenvalue weighted by atomic mass is 10.2. The Hall–Kier alpha value is -2.82. The van der Waals surface area contributed by atoms with Crippen LogP contribution in [0.2, 0.25) is 0 Å². The molecule has 3 rings (SSSR count). The predicted molar refractivity (Wildman–Crippen MR) is 136 cm³/mol. The molecule has 0 spiro atoms. The Bertz CT molecular complexity index is 1050. The van der Waals surface area contributed by atoms with Crippen LogP contribution < -0.4 is 20.1 Å². The van der Waals surface area contributed by atoms with Crippen LogP contribution in [0.5, 0.6) is 11.5 Å². The number of hydrogen-bond acceptors (Lipinski definition) is 4. The quantitative estimate of drug-likeness (QED) is 0.236. The molecule has 0 fully saturated rings. The second-order valence-electron chi connectivity index (χ2n) is 6.75. The molecule has 1 aromatic heterocycles. The van der Waals surface area contributed by atoms with E-state index in [9.17, 15) is 4.39 Å². The molecule has 9 heteroatoms. The molecule has 0 atom stereocenters. The van der Waals surface area contributed by atoms with E-state index in [-0.39, 0.29) is 29.8 Å². The zero-order valence-corrected chi connectivity index (χ0v) is 21.0. The highest BCUT2D eigenvalue weighted by atomic mass is 127. The van der Waals surface area contributed by atoms with Crippen molar-refractivity contribution in [2.75, 3.05) is 25.6 Å². The first-order chi connectivity index (χ1) is 15.0. The third-order valence-electron chi connectivity index (χ3n) is 4.59. The average molecular weight is 553 g/mol. The Labute approximate surface area is 205 Å². The lowest BCUT2D eigenvalue weighted by Gasteiger charge is -2.14. The fourth-order valence-corrected chi connectivity index (χ4v) is 3.11. The van der Waals surface area contributed by atoms with E-state index in [2.05, 4.69) is 20.6 Å². The number of halogens is 2. The molecule has 0 saturated heterocycles. The van der Waals surface area contributed by atoms with Gasteiger partial charge in [-0.25, -0.2) is 14.4 Å². The first-order valence-electron chi connectivity index (χ1n) is 10.2. The van der Waals surface area contributed by atoms with Crippen LogP contribution in [-0.2, 0) is 6.54 Å². The van der Waals surface area contributed by atoms with Crippen molar-refractivity contribution < 1.29 is 13.9 Å². The second-order valence-corrected chi connectivity index (χ2v) is 6.75. The van der Waals surface area contributed by atoms with E-state index in [1.54, 1.807) is 30.1 Å². The van der Waals surface area contributed by atoms with E-state index >= 15 is 0 Å². The van der Waals surface area contributed by atoms with Gasteiger partial charge in [0, 0.05) is 30.7 Å². The van der Waals surface area contributed by atoms with Crippen LogP contribution >= 0.6 is 24.0 Å². The molecule has 0 aliphatic heterocycles. The molecule has 0 bridgehead atoms. The minimum Gasteiger partial charge on any atom is -0.493 e. The van der Waals surface area contributed by atoms with Crippen LogP contribution in [0, 0.1) is 12.7 Å². The minimum absolute atomic E-state index is 0. The number of guanidine groups is 1. The first-order valence-corrected chi connectivity index (χ1v) is 10.2. The van der Waals surface area contributed by atoms with Gasteiger partial charge in [0.2, 0.25) is 0 Å². The minimum atomic E-state index is -0.317. The van der Waals surface area contributed by atoms with Crippen molar-refractivity contribution >= 4 is 35.6 Å². The van der Waals surface area contributed by atoms with Crippen LogP contribution in [-0.4, -0.2) is 35.8 Å². The molecule has 0 amide bonds. The number of methoxy groups -OCH3 is 1. The summed E-state index contributed by atoms with van der Waals surface area (Å²) in [6.07, 6.45) is 3.39. The van der Waals surface area contributed by atoms with Gasteiger partial charge in [-0.15, -0.1) is 24.0 Å². The SMILES string of the molecule is CCNC(=NCc1ccc(-n2ccnc2C)c(F)c1)Nc1ccc(OCC)c(OC)c1.I. The Balaban J connectivity index is 0.00000363. The highest BCUT2D eigenvalue weighted by molar-refractivity contribution is 14.0. The highest BCUT2D eigenvalue weighted by Gasteiger charge is 2.09. The van der Waals surface area contributed by atoms with Crippen molar-refractivity contribution in [1.82, 2.24) is 14.9 Å². The van der Waals surface area contributed by atoms with Gasteiger partial charge >= 0.3 is 0 Å². The third kappa shape index (κ3) is 6.35. The smallest absolute Gasteiger partial charge is 0.196 e. The van der Waals surface area contributed by atoms with Gasteiger partial charge in [0.1, 0.15) is 11.6 Å². The number of rotatable bonds is 8. The number of aryl methyl sites for hydroxylation is 1. The molecule has 2 N–H and O–H groups in total. The summed E-state index contributed by atoms with van der Waals surface area (Å²) >= 11 is 0. The number of aromatic nitrogens is 2. The van der Waals surface area contributed by atoms with E-state index < -0.39 is 0 Å². The number of imidazole rings is 1. The van der Waals surface area contributed by atoms with Gasteiger partial charge in [-0.05, 0) is 50.6 Å². The van der Waals surface area contributed by atoms with Crippen LogP contribution in [0.3, 0.4) is 0 Å². The van der Waals surface area contributed by atoms with Crippen molar-refractivity contribution in [2.45, 2.75) is 27.3 Å². The summed E-state index contributed by atoms with van der Waals surface area (Å²) in [6.45, 7) is 7.31. The third-order valence-corrected chi connectivity index (χ3v) is 4.59. The van der Waals surface area contributed by atoms with Crippen LogP contribution in [0.25, 0.3) is 5.69 Å². The van der Waals surface area contributed by atoms with Gasteiger partial charge in [0.15, 0.2) is 17.5 Å². The van der Waals surface area contributed by atoms with Gasteiger partial charge in [-0.1, -0.05) is 6.07 Å². The van der Waals surface area contributed by atoms with Gasteiger partial charge < -0.3 is 24.7 Å². The zero-order chi connectivity index (χ0) is 22.2. The van der Waals surface area contributed by atoms with Crippen molar-refractivity contribution in [3.05, 3.63) is 66.0 Å². The fraction of sp³-hybridized carbons (Fsp3) is 0.304. The molecule has 172 valence electrons. The largest absolute Gasteiger partial charge is 0.493 e. The Kier molecular flexibility index (Phi) is 9.76. The van der Waals surface area contributed by atoms with Gasteiger partial charge in [-0.3, -0.25) is 0 Å². The number of aliphatic imine (C=N–C) groups is 1. The standard InChI is InChI=1S/C23H28FN5O2.HI/c1-5-25-23(28-18-8-10-21(31-6-2)22(14-18)30-4)27-15-17-7-9-20(19(24)13-17)29-12-11-26-16(29)3;/h7-14H,5-6,15H2,1-4H3,(H2,25,27,28);1H. The summed E-state index contributed by atoms with van der Waals surface area (Å²) in [5.74, 6) is 2.32. The highest BCUT2D eigenvalue weighted by Crippen LogP contribution is 2.30. The Morgan fingerprint density at radius 1 is 1.16 bits per heavy atom. The monoisotopic (exact) mass is 553 g/mol. The van der Waals surface area contributed by atoms with Crippen molar-refractivity contribution in [1.29, 1.82) is 0 Å². The van der Waals surface area contributed by atoms with Crippen molar-refractivity contribution in [2.24, 2.45) is 4.99 Å². The lowest BCUT2D eigenvalue weighted by molar-refractivity contribution is 0.311. The maximum atomic E-state index is 14.6. The number of hydrogen-bond donors (Lipinski definition) is 2. The molecule has 0 saturated carbocycles. The summed E-state index contributed by atoms with van der Waals surface area (Å²) in [7, 11) is 1.60. The number of ether oxygens (including phenoxy) is 2. The van der Waals surface area contributed by atoms with Gasteiger partial charge in [0.05, 0.1) is 25.9 Å². The molecule has 0 radical (unpaired) electrons. The summed E-state index contributed by atoms with van der Waals surface area (Å²) in [4.78, 5) is 8.73. The summed E-state index contributed by atoms with van der Waals surface area (Å²) in [6, 6.07) is 10.7. The molecule has 0 unspecified atom stereocenters. The van der Waals surface area contributed by atoms with Crippen molar-refractivity contribution in [3.63, 3.8) is 0 Å². The zero-order valence-electron chi connectivity index (χ0n) is 18.7. The summed E-state index contributed by atoms with van der Waals surface area (Å²) in [5, 5.41) is 6.44. The molecular weight excluding hydrogens is 524 g/mol. The predicted octanol–water partition coefficient (Wildman–Crippen LogP) is 4.92. The summed E-state index contributed by atoms with van der Waals surface area (Å²) < 4.78 is 27.3. The van der Waals surface area contributed by atoms with E-state index in [1.807, 2.05) is 45.0 Å². The summed E-state index contributed by atoms with van der Waals surface area (Å²) in [5.41, 5.74) is 2.03. The molecule has 7 nitrogen and oxygen atoms in total. The normalized spacial score (nSPS) is 11.0. The van der Waals surface area contributed by atoms with Gasteiger partial charge in [-0.2, -0.15) is 0 Å². The van der Waals surface area contributed by atoms with E-state index in [0.29, 0.717) is 42.8 Å². The fourth-order valence-electron chi connectivity index (χ4n) is 3.11. The molecule has 0 aliphatic rings. The molecular formula is C23H29FIN5O2. The average Bonchev–Trinajstić information content (AvgIpc) is 3.19. The molecule has 2 aromatic carbocycles. The van der Waals surface area contributed by atoms with Crippen molar-refractivity contribution in [3.8, 4) is 17.2 Å². The topological polar surface area (TPSA) is 72.7 Å². The number of benzene rings is 2. The Morgan fingerprint density at radius 3 is 2.59 bits per heavy atom. The lowest BCUT2D eigenvalue weighted by Crippen LogP contribution is -2.30. The number of nitrogens with one attached hydrogen (secondary N) is 2. The van der Waals surface area contributed by atoms with Crippen LogP contribution in [0.15, 0.2) is 53.8 Å².